The number of carboxylic acid groups (broad SMARTS) is 1. The Hall–Kier alpha value is -2.15. The highest BCUT2D eigenvalue weighted by molar-refractivity contribution is 5.77. The van der Waals surface area contributed by atoms with Crippen LogP contribution in [0.25, 0.3) is 0 Å². The van der Waals surface area contributed by atoms with Gasteiger partial charge in [0.05, 0.1) is 0 Å². The molecule has 1 aromatic rings. The Morgan fingerprint density at radius 3 is 2.28 bits per heavy atom. The van der Waals surface area contributed by atoms with Gasteiger partial charge in [-0.25, -0.2) is 4.39 Å². The Morgan fingerprint density at radius 2 is 1.69 bits per heavy atom. The SMILES string of the molecule is CC(C)(C)CC(=O)N1CCC(CC(=O)O)C(CCN2CCN(c3ccc(F)cc3)CC2)C1. The molecule has 0 aromatic heterocycles. The summed E-state index contributed by atoms with van der Waals surface area (Å²) in [6.07, 6.45) is 2.39. The molecule has 0 radical (unpaired) electrons. The van der Waals surface area contributed by atoms with Crippen molar-refractivity contribution in [1.82, 2.24) is 9.80 Å². The number of carbonyl (C=O) groups excluding carboxylic acids is 1. The highest BCUT2D eigenvalue weighted by Crippen LogP contribution is 2.31. The first kappa shape index (κ1) is 24.5. The molecular formula is C25H38FN3O3. The van der Waals surface area contributed by atoms with Crippen molar-refractivity contribution in [1.29, 1.82) is 0 Å². The maximum Gasteiger partial charge on any atom is 0.303 e. The van der Waals surface area contributed by atoms with Crippen LogP contribution in [0.15, 0.2) is 24.3 Å². The highest BCUT2D eigenvalue weighted by Gasteiger charge is 2.34. The molecule has 178 valence electrons. The van der Waals surface area contributed by atoms with E-state index >= 15 is 0 Å². The molecule has 2 fully saturated rings. The fourth-order valence-corrected chi connectivity index (χ4v) is 4.92. The second kappa shape index (κ2) is 10.6. The van der Waals surface area contributed by atoms with E-state index in [0.717, 1.165) is 51.3 Å². The molecule has 2 aliphatic heterocycles. The summed E-state index contributed by atoms with van der Waals surface area (Å²) in [4.78, 5) is 30.8. The molecule has 2 heterocycles. The van der Waals surface area contributed by atoms with Crippen LogP contribution in [-0.4, -0.2) is 72.6 Å². The number of hydrogen-bond donors (Lipinski definition) is 1. The lowest BCUT2D eigenvalue weighted by atomic mass is 9.80. The molecule has 1 N–H and O–H groups in total. The van der Waals surface area contributed by atoms with Gasteiger partial charge in [-0.05, 0) is 60.9 Å². The molecule has 2 unspecified atom stereocenters. The zero-order valence-corrected chi connectivity index (χ0v) is 19.7. The summed E-state index contributed by atoms with van der Waals surface area (Å²) in [5.41, 5.74) is 1.00. The summed E-state index contributed by atoms with van der Waals surface area (Å²) in [5.74, 6) is -0.428. The van der Waals surface area contributed by atoms with Crippen molar-refractivity contribution in [3.05, 3.63) is 30.1 Å². The normalized spacial score (nSPS) is 22.8. The molecule has 32 heavy (non-hydrogen) atoms. The van der Waals surface area contributed by atoms with Gasteiger partial charge in [0.25, 0.3) is 0 Å². The van der Waals surface area contributed by atoms with Crippen molar-refractivity contribution >= 4 is 17.6 Å². The standard InChI is InChI=1S/C25H38FN3O3/c1-25(2,3)17-23(30)29-11-9-19(16-24(31)32)20(18-29)8-10-27-12-14-28(15-13-27)22-6-4-21(26)5-7-22/h4-7,19-20H,8-18H2,1-3H3,(H,31,32). The van der Waals surface area contributed by atoms with Crippen LogP contribution in [0.2, 0.25) is 0 Å². The number of rotatable bonds is 7. The maximum absolute atomic E-state index is 13.2. The van der Waals surface area contributed by atoms with Crippen molar-refractivity contribution in [2.75, 3.05) is 50.7 Å². The van der Waals surface area contributed by atoms with Crippen molar-refractivity contribution < 1.29 is 19.1 Å². The predicted octanol–water partition coefficient (Wildman–Crippen LogP) is 3.71. The summed E-state index contributed by atoms with van der Waals surface area (Å²) < 4.78 is 13.2. The van der Waals surface area contributed by atoms with Gasteiger partial charge in [-0.1, -0.05) is 20.8 Å². The minimum Gasteiger partial charge on any atom is -0.481 e. The number of anilines is 1. The molecule has 2 saturated heterocycles. The van der Waals surface area contributed by atoms with Crippen LogP contribution in [0.1, 0.15) is 46.5 Å². The number of carboxylic acids is 1. The quantitative estimate of drug-likeness (QED) is 0.690. The third-order valence-electron chi connectivity index (χ3n) is 6.74. The molecule has 1 aromatic carbocycles. The van der Waals surface area contributed by atoms with Crippen molar-refractivity contribution in [2.45, 2.75) is 46.5 Å². The topological polar surface area (TPSA) is 64.1 Å². The van der Waals surface area contributed by atoms with E-state index in [1.165, 1.54) is 12.1 Å². The van der Waals surface area contributed by atoms with E-state index in [0.29, 0.717) is 19.5 Å². The van der Waals surface area contributed by atoms with Gasteiger partial charge in [-0.2, -0.15) is 0 Å². The Morgan fingerprint density at radius 1 is 1.03 bits per heavy atom. The second-order valence-corrected chi connectivity index (χ2v) is 10.6. The van der Waals surface area contributed by atoms with Crippen LogP contribution < -0.4 is 4.90 Å². The van der Waals surface area contributed by atoms with Crippen LogP contribution in [0.5, 0.6) is 0 Å². The first-order chi connectivity index (χ1) is 15.1. The molecule has 0 spiro atoms. The average Bonchev–Trinajstić information content (AvgIpc) is 2.72. The minimum absolute atomic E-state index is 0.0469. The zero-order valence-electron chi connectivity index (χ0n) is 19.7. The van der Waals surface area contributed by atoms with Gasteiger partial charge in [-0.3, -0.25) is 14.5 Å². The van der Waals surface area contributed by atoms with Crippen molar-refractivity contribution in [2.24, 2.45) is 17.3 Å². The van der Waals surface area contributed by atoms with Crippen molar-refractivity contribution in [3.8, 4) is 0 Å². The summed E-state index contributed by atoms with van der Waals surface area (Å²) in [6, 6.07) is 6.65. The van der Waals surface area contributed by atoms with E-state index in [1.807, 2.05) is 17.0 Å². The number of amides is 1. The van der Waals surface area contributed by atoms with E-state index < -0.39 is 5.97 Å². The Balaban J connectivity index is 1.52. The number of nitrogens with zero attached hydrogens (tertiary/aromatic N) is 3. The molecule has 0 saturated carbocycles. The fraction of sp³-hybridized carbons (Fsp3) is 0.680. The van der Waals surface area contributed by atoms with E-state index in [-0.39, 0.29) is 35.4 Å². The first-order valence-corrected chi connectivity index (χ1v) is 11.8. The monoisotopic (exact) mass is 447 g/mol. The lowest BCUT2D eigenvalue weighted by molar-refractivity contribution is -0.140. The molecule has 3 rings (SSSR count). The summed E-state index contributed by atoms with van der Waals surface area (Å²) in [6.45, 7) is 12.1. The largest absolute Gasteiger partial charge is 0.481 e. The number of carbonyl (C=O) groups is 2. The highest BCUT2D eigenvalue weighted by atomic mass is 19.1. The molecule has 0 aliphatic carbocycles. The van der Waals surface area contributed by atoms with Gasteiger partial charge in [0.2, 0.25) is 5.91 Å². The van der Waals surface area contributed by atoms with Gasteiger partial charge >= 0.3 is 5.97 Å². The van der Waals surface area contributed by atoms with Gasteiger partial charge in [0.1, 0.15) is 5.82 Å². The summed E-state index contributed by atoms with van der Waals surface area (Å²) in [7, 11) is 0. The Bertz CT molecular complexity index is 770. The molecule has 7 heteroatoms. The number of benzene rings is 1. The molecular weight excluding hydrogens is 409 g/mol. The average molecular weight is 448 g/mol. The molecule has 2 atom stereocenters. The number of piperazine rings is 1. The molecule has 1 amide bonds. The van der Waals surface area contributed by atoms with E-state index in [9.17, 15) is 19.1 Å². The fourth-order valence-electron chi connectivity index (χ4n) is 4.92. The third-order valence-corrected chi connectivity index (χ3v) is 6.74. The van der Waals surface area contributed by atoms with Gasteiger partial charge in [0, 0.05) is 57.8 Å². The Labute approximate surface area is 191 Å². The lowest BCUT2D eigenvalue weighted by Gasteiger charge is -2.41. The van der Waals surface area contributed by atoms with Crippen LogP contribution >= 0.6 is 0 Å². The van der Waals surface area contributed by atoms with E-state index in [2.05, 4.69) is 30.6 Å². The minimum atomic E-state index is -0.748. The van der Waals surface area contributed by atoms with Crippen molar-refractivity contribution in [3.63, 3.8) is 0 Å². The second-order valence-electron chi connectivity index (χ2n) is 10.6. The van der Waals surface area contributed by atoms with Crippen LogP contribution in [0.3, 0.4) is 0 Å². The molecule has 0 bridgehead atoms. The number of piperidine rings is 1. The lowest BCUT2D eigenvalue weighted by Crippen LogP contribution is -2.49. The number of aliphatic carboxylic acids is 1. The summed E-state index contributed by atoms with van der Waals surface area (Å²) in [5, 5.41) is 9.36. The third kappa shape index (κ3) is 7.19. The number of halogens is 1. The van der Waals surface area contributed by atoms with Gasteiger partial charge < -0.3 is 14.9 Å². The van der Waals surface area contributed by atoms with Gasteiger partial charge in [0.15, 0.2) is 0 Å². The smallest absolute Gasteiger partial charge is 0.303 e. The Kier molecular flexibility index (Phi) is 8.15. The predicted molar refractivity (Wildman–Crippen MR) is 124 cm³/mol. The number of hydrogen-bond acceptors (Lipinski definition) is 4. The van der Waals surface area contributed by atoms with Crippen LogP contribution in [-0.2, 0) is 9.59 Å². The van der Waals surface area contributed by atoms with E-state index in [1.54, 1.807) is 0 Å². The molecule has 6 nitrogen and oxygen atoms in total. The van der Waals surface area contributed by atoms with Crippen LogP contribution in [0, 0.1) is 23.1 Å². The molecule has 2 aliphatic rings. The van der Waals surface area contributed by atoms with Crippen LogP contribution in [0.4, 0.5) is 10.1 Å². The summed E-state index contributed by atoms with van der Waals surface area (Å²) >= 11 is 0. The maximum atomic E-state index is 13.2. The van der Waals surface area contributed by atoms with E-state index in [4.69, 9.17) is 0 Å². The zero-order chi connectivity index (χ0) is 23.3. The first-order valence-electron chi connectivity index (χ1n) is 11.8. The number of likely N-dealkylation sites (tertiary alicyclic amines) is 1. The van der Waals surface area contributed by atoms with Gasteiger partial charge in [-0.15, -0.1) is 0 Å².